The van der Waals surface area contributed by atoms with Gasteiger partial charge in [0, 0.05) is 22.9 Å². The number of hydrogen-bond donors (Lipinski definition) is 1. The number of hydrogen-bond acceptors (Lipinski definition) is 2. The first-order chi connectivity index (χ1) is 12.2. The van der Waals surface area contributed by atoms with Crippen LogP contribution in [0.1, 0.15) is 18.4 Å². The Morgan fingerprint density at radius 2 is 1.72 bits per heavy atom. The Labute approximate surface area is 157 Å². The van der Waals surface area contributed by atoms with Gasteiger partial charge in [-0.2, -0.15) is 0 Å². The van der Waals surface area contributed by atoms with Crippen molar-refractivity contribution in [3.63, 3.8) is 0 Å². The van der Waals surface area contributed by atoms with E-state index in [2.05, 4.69) is 35.6 Å². The van der Waals surface area contributed by atoms with Crippen molar-refractivity contribution in [3.05, 3.63) is 77.3 Å². The molecule has 0 heterocycles. The van der Waals surface area contributed by atoms with Gasteiger partial charge in [0.1, 0.15) is 0 Å². The Bertz CT molecular complexity index is 848. The average Bonchev–Trinajstić information content (AvgIpc) is 2.65. The first kappa shape index (κ1) is 17.8. The number of benzene rings is 3. The van der Waals surface area contributed by atoms with Crippen LogP contribution in [0, 0.1) is 0 Å². The summed E-state index contributed by atoms with van der Waals surface area (Å²) in [6, 6.07) is 22.3. The minimum Gasteiger partial charge on any atom is -0.352 e. The van der Waals surface area contributed by atoms with E-state index in [1.165, 1.54) is 15.7 Å². The van der Waals surface area contributed by atoms with Gasteiger partial charge in [-0.05, 0) is 58.8 Å². The third-order valence-corrected chi connectivity index (χ3v) is 5.28. The maximum atomic E-state index is 12.0. The minimum atomic E-state index is 0.102. The molecule has 128 valence electrons. The van der Waals surface area contributed by atoms with Crippen LogP contribution in [0.25, 0.3) is 10.8 Å². The van der Waals surface area contributed by atoms with Gasteiger partial charge in [-0.3, -0.25) is 4.79 Å². The molecule has 3 rings (SSSR count). The molecule has 0 aliphatic heterocycles. The van der Waals surface area contributed by atoms with Gasteiger partial charge < -0.3 is 5.32 Å². The van der Waals surface area contributed by atoms with E-state index in [9.17, 15) is 4.79 Å². The predicted molar refractivity (Wildman–Crippen MR) is 107 cm³/mol. The number of amides is 1. The molecule has 3 aromatic carbocycles. The van der Waals surface area contributed by atoms with E-state index in [1.54, 1.807) is 11.8 Å². The van der Waals surface area contributed by atoms with Crippen LogP contribution in [0.3, 0.4) is 0 Å². The lowest BCUT2D eigenvalue weighted by Gasteiger charge is -2.07. The summed E-state index contributed by atoms with van der Waals surface area (Å²) in [5.41, 5.74) is 1.13. The van der Waals surface area contributed by atoms with Crippen molar-refractivity contribution in [2.24, 2.45) is 0 Å². The van der Waals surface area contributed by atoms with Crippen molar-refractivity contribution in [2.45, 2.75) is 24.3 Å². The molecule has 0 aromatic heterocycles. The van der Waals surface area contributed by atoms with Crippen molar-refractivity contribution in [2.75, 3.05) is 5.75 Å². The second-order valence-electron chi connectivity index (χ2n) is 5.86. The van der Waals surface area contributed by atoms with Gasteiger partial charge in [-0.25, -0.2) is 0 Å². The largest absolute Gasteiger partial charge is 0.352 e. The van der Waals surface area contributed by atoms with E-state index in [0.717, 1.165) is 22.8 Å². The zero-order valence-electron chi connectivity index (χ0n) is 13.9. The Kier molecular flexibility index (Phi) is 6.37. The van der Waals surface area contributed by atoms with Gasteiger partial charge >= 0.3 is 0 Å². The van der Waals surface area contributed by atoms with Crippen molar-refractivity contribution in [1.82, 2.24) is 5.32 Å². The van der Waals surface area contributed by atoms with E-state index < -0.39 is 0 Å². The molecule has 1 N–H and O–H groups in total. The lowest BCUT2D eigenvalue weighted by molar-refractivity contribution is -0.121. The fourth-order valence-electron chi connectivity index (χ4n) is 2.59. The molecule has 1 amide bonds. The molecule has 0 spiro atoms. The third-order valence-electron chi connectivity index (χ3n) is 3.93. The number of carbonyl (C=O) groups is 1. The maximum absolute atomic E-state index is 12.0. The van der Waals surface area contributed by atoms with Gasteiger partial charge in [0.15, 0.2) is 0 Å². The predicted octanol–water partition coefficient (Wildman–Crippen LogP) is 5.68. The molecular formula is C21H20ClNOS. The minimum absolute atomic E-state index is 0.102. The van der Waals surface area contributed by atoms with Crippen LogP contribution in [0.4, 0.5) is 0 Å². The Morgan fingerprint density at radius 1 is 0.960 bits per heavy atom. The highest BCUT2D eigenvalue weighted by molar-refractivity contribution is 7.99. The molecule has 0 aliphatic rings. The average molecular weight is 370 g/mol. The lowest BCUT2D eigenvalue weighted by Crippen LogP contribution is -2.22. The van der Waals surface area contributed by atoms with Crippen LogP contribution in [-0.2, 0) is 11.3 Å². The smallest absolute Gasteiger partial charge is 0.220 e. The van der Waals surface area contributed by atoms with Gasteiger partial charge in [-0.15, -0.1) is 11.8 Å². The first-order valence-electron chi connectivity index (χ1n) is 8.33. The summed E-state index contributed by atoms with van der Waals surface area (Å²) in [7, 11) is 0. The summed E-state index contributed by atoms with van der Waals surface area (Å²) in [6.45, 7) is 0.577. The summed E-state index contributed by atoms with van der Waals surface area (Å²) in [6.07, 6.45) is 1.41. The lowest BCUT2D eigenvalue weighted by atomic mass is 10.1. The molecule has 3 aromatic rings. The molecule has 25 heavy (non-hydrogen) atoms. The van der Waals surface area contributed by atoms with Crippen molar-refractivity contribution >= 4 is 40.0 Å². The zero-order chi connectivity index (χ0) is 17.5. The van der Waals surface area contributed by atoms with E-state index in [4.69, 9.17) is 11.6 Å². The van der Waals surface area contributed by atoms with Crippen molar-refractivity contribution in [3.8, 4) is 0 Å². The second-order valence-corrected chi connectivity index (χ2v) is 7.47. The molecular weight excluding hydrogens is 350 g/mol. The SMILES string of the molecule is O=C(CCCSc1ccc(Cl)cc1)NCc1ccc2ccccc2c1. The molecule has 0 aliphatic carbocycles. The molecule has 4 heteroatoms. The van der Waals surface area contributed by atoms with Crippen LogP contribution in [-0.4, -0.2) is 11.7 Å². The topological polar surface area (TPSA) is 29.1 Å². The van der Waals surface area contributed by atoms with E-state index >= 15 is 0 Å². The number of thioether (sulfide) groups is 1. The molecule has 0 radical (unpaired) electrons. The van der Waals surface area contributed by atoms with Crippen molar-refractivity contribution < 1.29 is 4.79 Å². The zero-order valence-corrected chi connectivity index (χ0v) is 15.4. The summed E-state index contributed by atoms with van der Waals surface area (Å²) in [5.74, 6) is 1.02. The Hall–Kier alpha value is -1.97. The first-order valence-corrected chi connectivity index (χ1v) is 9.70. The summed E-state index contributed by atoms with van der Waals surface area (Å²) >= 11 is 7.62. The second kappa shape index (κ2) is 8.93. The monoisotopic (exact) mass is 369 g/mol. The van der Waals surface area contributed by atoms with Crippen LogP contribution in [0.2, 0.25) is 5.02 Å². The number of nitrogens with one attached hydrogen (secondary N) is 1. The number of rotatable bonds is 7. The fourth-order valence-corrected chi connectivity index (χ4v) is 3.57. The van der Waals surface area contributed by atoms with Crippen LogP contribution in [0.15, 0.2) is 71.6 Å². The maximum Gasteiger partial charge on any atom is 0.220 e. The van der Waals surface area contributed by atoms with Crippen molar-refractivity contribution in [1.29, 1.82) is 0 Å². The number of fused-ring (bicyclic) bond motifs is 1. The molecule has 2 nitrogen and oxygen atoms in total. The quantitative estimate of drug-likeness (QED) is 0.428. The number of halogens is 1. The van der Waals surface area contributed by atoms with Gasteiger partial charge in [0.05, 0.1) is 0 Å². The number of carbonyl (C=O) groups excluding carboxylic acids is 1. The van der Waals surface area contributed by atoms with E-state index in [1.807, 2.05) is 36.4 Å². The molecule has 0 bridgehead atoms. The van der Waals surface area contributed by atoms with E-state index in [-0.39, 0.29) is 5.91 Å². The molecule has 0 unspecified atom stereocenters. The van der Waals surface area contributed by atoms with Crippen LogP contribution < -0.4 is 5.32 Å². The summed E-state index contributed by atoms with van der Waals surface area (Å²) < 4.78 is 0. The fraction of sp³-hybridized carbons (Fsp3) is 0.190. The van der Waals surface area contributed by atoms with Gasteiger partial charge in [0.25, 0.3) is 0 Å². The Morgan fingerprint density at radius 3 is 2.52 bits per heavy atom. The molecule has 0 saturated carbocycles. The van der Waals surface area contributed by atoms with Crippen LogP contribution >= 0.6 is 23.4 Å². The van der Waals surface area contributed by atoms with E-state index in [0.29, 0.717) is 13.0 Å². The van der Waals surface area contributed by atoms with Crippen LogP contribution in [0.5, 0.6) is 0 Å². The molecule has 0 atom stereocenters. The summed E-state index contributed by atoms with van der Waals surface area (Å²) in [5, 5.41) is 6.17. The standard InChI is InChI=1S/C21H20ClNOS/c22-19-9-11-20(12-10-19)25-13-3-6-21(24)23-15-16-7-8-17-4-1-2-5-18(17)14-16/h1-2,4-5,7-12,14H,3,6,13,15H2,(H,23,24). The highest BCUT2D eigenvalue weighted by atomic mass is 35.5. The normalized spacial score (nSPS) is 10.8. The summed E-state index contributed by atoms with van der Waals surface area (Å²) in [4.78, 5) is 13.2. The highest BCUT2D eigenvalue weighted by Gasteiger charge is 2.03. The molecule has 0 fully saturated rings. The Balaban J connectivity index is 1.39. The third kappa shape index (κ3) is 5.52. The molecule has 0 saturated heterocycles. The van der Waals surface area contributed by atoms with Gasteiger partial charge in [-0.1, -0.05) is 48.0 Å². The van der Waals surface area contributed by atoms with Gasteiger partial charge in [0.2, 0.25) is 5.91 Å². The highest BCUT2D eigenvalue weighted by Crippen LogP contribution is 2.21.